The Morgan fingerprint density at radius 3 is 2.75 bits per heavy atom. The molecule has 1 heterocycles. The van der Waals surface area contributed by atoms with Gasteiger partial charge in [0.05, 0.1) is 12.1 Å². The van der Waals surface area contributed by atoms with Gasteiger partial charge in [0.1, 0.15) is 12.4 Å². The summed E-state index contributed by atoms with van der Waals surface area (Å²) in [6.07, 6.45) is 0. The number of nitrogens with zero attached hydrogens (tertiary/aromatic N) is 1. The van der Waals surface area contributed by atoms with Crippen molar-refractivity contribution in [1.82, 2.24) is 15.1 Å². The first-order valence-corrected chi connectivity index (χ1v) is 7.42. The Kier molecular flexibility index (Phi) is 5.73. The predicted molar refractivity (Wildman–Crippen MR) is 90.4 cm³/mol. The molecule has 0 aliphatic rings. The molecule has 24 heavy (non-hydrogen) atoms. The van der Waals surface area contributed by atoms with E-state index < -0.39 is 0 Å². The average molecular weight is 329 g/mol. The highest BCUT2D eigenvalue weighted by Gasteiger charge is 2.11. The molecule has 0 saturated heterocycles. The van der Waals surface area contributed by atoms with Crippen molar-refractivity contribution in [2.45, 2.75) is 13.5 Å². The molecule has 2 N–H and O–H groups in total. The number of nitrogens with one attached hydrogen (secondary N) is 2. The Labute approximate surface area is 138 Å². The van der Waals surface area contributed by atoms with Crippen LogP contribution in [0.15, 0.2) is 58.1 Å². The molecule has 1 aromatic carbocycles. The van der Waals surface area contributed by atoms with Gasteiger partial charge in [-0.1, -0.05) is 18.7 Å². The minimum absolute atomic E-state index is 0.162. The van der Waals surface area contributed by atoms with E-state index in [0.717, 1.165) is 16.3 Å². The summed E-state index contributed by atoms with van der Waals surface area (Å²) in [5.41, 5.74) is 0.527. The number of aromatic amines is 1. The molecular weight excluding hydrogens is 310 g/mol. The average Bonchev–Trinajstić information content (AvgIpc) is 2.56. The smallest absolute Gasteiger partial charge is 0.265 e. The molecule has 0 spiro atoms. The van der Waals surface area contributed by atoms with Crippen LogP contribution in [0.25, 0.3) is 0 Å². The lowest BCUT2D eigenvalue weighted by Gasteiger charge is -2.12. The van der Waals surface area contributed by atoms with Gasteiger partial charge >= 0.3 is 0 Å². The van der Waals surface area contributed by atoms with Crippen LogP contribution in [0.1, 0.15) is 17.3 Å². The fourth-order valence-corrected chi connectivity index (χ4v) is 1.99. The number of benzene rings is 1. The zero-order valence-electron chi connectivity index (χ0n) is 13.4. The number of carbonyl (C=O) groups is 1. The molecule has 7 nitrogen and oxygen atoms in total. The lowest BCUT2D eigenvalue weighted by molar-refractivity contribution is 0.0948. The Hall–Kier alpha value is -3.09. The molecule has 1 aromatic heterocycles. The molecule has 7 heteroatoms. The summed E-state index contributed by atoms with van der Waals surface area (Å²) < 4.78 is 6.70. The quantitative estimate of drug-likeness (QED) is 0.739. The third kappa shape index (κ3) is 4.70. The normalized spacial score (nSPS) is 10.2. The zero-order valence-corrected chi connectivity index (χ0v) is 13.4. The first-order valence-electron chi connectivity index (χ1n) is 7.42. The second-order valence-corrected chi connectivity index (χ2v) is 5.30. The molecule has 2 rings (SSSR count). The number of amides is 1. The molecule has 0 radical (unpaired) electrons. The molecule has 0 aliphatic carbocycles. The maximum atomic E-state index is 12.3. The van der Waals surface area contributed by atoms with Crippen LogP contribution in [0.5, 0.6) is 5.75 Å². The van der Waals surface area contributed by atoms with Crippen molar-refractivity contribution in [3.05, 3.63) is 74.8 Å². The van der Waals surface area contributed by atoms with Crippen molar-refractivity contribution in [3.8, 4) is 5.75 Å². The van der Waals surface area contributed by atoms with Crippen LogP contribution in [0.3, 0.4) is 0 Å². The summed E-state index contributed by atoms with van der Waals surface area (Å²) in [7, 11) is 0. The van der Waals surface area contributed by atoms with Gasteiger partial charge in [0.2, 0.25) is 0 Å². The van der Waals surface area contributed by atoms with Gasteiger partial charge < -0.3 is 10.1 Å². The van der Waals surface area contributed by atoms with Crippen molar-refractivity contribution in [3.63, 3.8) is 0 Å². The topological polar surface area (TPSA) is 93.2 Å². The van der Waals surface area contributed by atoms with Crippen LogP contribution in [0.4, 0.5) is 0 Å². The van der Waals surface area contributed by atoms with Crippen LogP contribution in [-0.2, 0) is 6.54 Å². The van der Waals surface area contributed by atoms with Gasteiger partial charge in [-0.3, -0.25) is 19.5 Å². The van der Waals surface area contributed by atoms with E-state index in [-0.39, 0.29) is 30.1 Å². The van der Waals surface area contributed by atoms with Gasteiger partial charge in [0, 0.05) is 18.7 Å². The van der Waals surface area contributed by atoms with Crippen LogP contribution >= 0.6 is 0 Å². The van der Waals surface area contributed by atoms with Crippen LogP contribution in [-0.4, -0.2) is 28.8 Å². The Bertz CT molecular complexity index is 851. The maximum Gasteiger partial charge on any atom is 0.265 e. The van der Waals surface area contributed by atoms with Gasteiger partial charge in [-0.2, -0.15) is 0 Å². The summed E-state index contributed by atoms with van der Waals surface area (Å²) in [6.45, 7) is 6.27. The first-order chi connectivity index (χ1) is 11.5. The van der Waals surface area contributed by atoms with E-state index in [1.807, 2.05) is 6.92 Å². The largest absolute Gasteiger partial charge is 0.488 e. The van der Waals surface area contributed by atoms with Crippen molar-refractivity contribution < 1.29 is 9.53 Å². The van der Waals surface area contributed by atoms with E-state index in [1.54, 1.807) is 24.3 Å². The Morgan fingerprint density at radius 1 is 1.25 bits per heavy atom. The minimum atomic E-state index is -0.375. The molecule has 0 atom stereocenters. The van der Waals surface area contributed by atoms with Crippen molar-refractivity contribution in [1.29, 1.82) is 0 Å². The summed E-state index contributed by atoms with van der Waals surface area (Å²) >= 11 is 0. The van der Waals surface area contributed by atoms with Gasteiger partial charge in [-0.25, -0.2) is 4.68 Å². The zero-order chi connectivity index (χ0) is 17.5. The van der Waals surface area contributed by atoms with Gasteiger partial charge in [-0.05, 0) is 24.6 Å². The monoisotopic (exact) mass is 329 g/mol. The molecule has 0 unspecified atom stereocenters. The van der Waals surface area contributed by atoms with E-state index in [9.17, 15) is 14.4 Å². The Balaban J connectivity index is 2.00. The fraction of sp³-hybridized carbons (Fsp3) is 0.235. The molecule has 1 amide bonds. The number of carbonyl (C=O) groups excluding carboxylic acids is 1. The van der Waals surface area contributed by atoms with Crippen molar-refractivity contribution >= 4 is 5.91 Å². The van der Waals surface area contributed by atoms with E-state index in [4.69, 9.17) is 4.74 Å². The number of H-pyrrole nitrogens is 1. The Morgan fingerprint density at radius 2 is 2.00 bits per heavy atom. The fourth-order valence-electron chi connectivity index (χ4n) is 1.99. The standard InChI is InChI=1S/C17H19N3O4/c1-12(2)11-24-14-6-4-3-5-13(14)17(23)18-9-10-20-16(22)8-7-15(21)19-20/h3-8H,1,9-11H2,2H3,(H,18,23)(H,19,21). The molecule has 0 saturated carbocycles. The van der Waals surface area contributed by atoms with E-state index in [1.165, 1.54) is 6.07 Å². The van der Waals surface area contributed by atoms with Crippen LogP contribution in [0.2, 0.25) is 0 Å². The molecule has 0 bridgehead atoms. The molecule has 2 aromatic rings. The van der Waals surface area contributed by atoms with E-state index in [0.29, 0.717) is 17.9 Å². The van der Waals surface area contributed by atoms with Crippen molar-refractivity contribution in [2.75, 3.05) is 13.2 Å². The summed E-state index contributed by atoms with van der Waals surface area (Å²) in [6, 6.07) is 9.21. The summed E-state index contributed by atoms with van der Waals surface area (Å²) in [4.78, 5) is 35.1. The molecule has 0 fully saturated rings. The van der Waals surface area contributed by atoms with Gasteiger partial charge in [-0.15, -0.1) is 0 Å². The maximum absolute atomic E-state index is 12.3. The van der Waals surface area contributed by atoms with E-state index in [2.05, 4.69) is 17.0 Å². The number of rotatable bonds is 7. The number of hydrogen-bond acceptors (Lipinski definition) is 4. The minimum Gasteiger partial charge on any atom is -0.488 e. The third-order valence-electron chi connectivity index (χ3n) is 3.12. The lowest BCUT2D eigenvalue weighted by atomic mass is 10.2. The lowest BCUT2D eigenvalue weighted by Crippen LogP contribution is -2.34. The SMILES string of the molecule is C=C(C)COc1ccccc1C(=O)NCCn1[nH]c(=O)ccc1=O. The highest BCUT2D eigenvalue weighted by atomic mass is 16.5. The number of aromatic nitrogens is 2. The number of hydrogen-bond donors (Lipinski definition) is 2. The third-order valence-corrected chi connectivity index (χ3v) is 3.12. The predicted octanol–water partition coefficient (Wildman–Crippen LogP) is 0.922. The van der Waals surface area contributed by atoms with Crippen molar-refractivity contribution in [2.24, 2.45) is 0 Å². The second kappa shape index (κ2) is 7.96. The first kappa shape index (κ1) is 17.3. The molecule has 0 aliphatic heterocycles. The van der Waals surface area contributed by atoms with Gasteiger partial charge in [0.25, 0.3) is 17.0 Å². The van der Waals surface area contributed by atoms with E-state index >= 15 is 0 Å². The molecule has 126 valence electrons. The van der Waals surface area contributed by atoms with Crippen LogP contribution < -0.4 is 21.2 Å². The highest BCUT2D eigenvalue weighted by molar-refractivity contribution is 5.96. The van der Waals surface area contributed by atoms with Gasteiger partial charge in [0.15, 0.2) is 0 Å². The highest BCUT2D eigenvalue weighted by Crippen LogP contribution is 2.18. The second-order valence-electron chi connectivity index (χ2n) is 5.30. The molecular formula is C17H19N3O4. The number of para-hydroxylation sites is 1. The summed E-state index contributed by atoms with van der Waals surface area (Å²) in [5.74, 6) is 0.141. The van der Waals surface area contributed by atoms with Crippen LogP contribution in [0, 0.1) is 0 Å². The number of ether oxygens (including phenoxy) is 1. The summed E-state index contributed by atoms with van der Waals surface area (Å²) in [5, 5.41) is 5.10.